The lowest BCUT2D eigenvalue weighted by atomic mass is 10.2. The van der Waals surface area contributed by atoms with E-state index in [0.29, 0.717) is 36.8 Å². The second-order valence-corrected chi connectivity index (χ2v) is 3.42. The second kappa shape index (κ2) is 4.65. The molecule has 5 nitrogen and oxygen atoms in total. The molecule has 1 atom stereocenters. The van der Waals surface area contributed by atoms with E-state index in [9.17, 15) is 4.79 Å². The highest BCUT2D eigenvalue weighted by molar-refractivity contribution is 6.31. The molecule has 0 aromatic carbocycles. The van der Waals surface area contributed by atoms with Crippen LogP contribution in [0.15, 0.2) is 6.20 Å². The van der Waals surface area contributed by atoms with Gasteiger partial charge < -0.3 is 9.47 Å². The van der Waals surface area contributed by atoms with Crippen molar-refractivity contribution >= 4 is 17.9 Å². The van der Waals surface area contributed by atoms with Crippen LogP contribution in [0.2, 0.25) is 5.02 Å². The molecule has 1 aromatic heterocycles. The van der Waals surface area contributed by atoms with Gasteiger partial charge in [0, 0.05) is 0 Å². The summed E-state index contributed by atoms with van der Waals surface area (Å²) in [5, 5.41) is 0.385. The summed E-state index contributed by atoms with van der Waals surface area (Å²) in [7, 11) is 0. The van der Waals surface area contributed by atoms with Crippen molar-refractivity contribution < 1.29 is 14.3 Å². The van der Waals surface area contributed by atoms with E-state index in [4.69, 9.17) is 21.1 Å². The molecule has 80 valence electrons. The third-order valence-corrected chi connectivity index (χ3v) is 2.31. The maximum Gasteiger partial charge on any atom is 0.193 e. The van der Waals surface area contributed by atoms with Crippen molar-refractivity contribution in [2.75, 3.05) is 19.8 Å². The van der Waals surface area contributed by atoms with Gasteiger partial charge in [-0.2, -0.15) is 0 Å². The SMILES string of the molecule is O=Cc1ncc(Cl)c(C2COCCO2)n1. The minimum absolute atomic E-state index is 0.101. The molecular formula is C9H9ClN2O3. The van der Waals surface area contributed by atoms with Gasteiger partial charge in [0.25, 0.3) is 0 Å². The van der Waals surface area contributed by atoms with Crippen LogP contribution < -0.4 is 0 Å². The van der Waals surface area contributed by atoms with Gasteiger partial charge in [0.15, 0.2) is 12.1 Å². The zero-order valence-corrected chi connectivity index (χ0v) is 8.61. The predicted molar refractivity (Wildman–Crippen MR) is 51.9 cm³/mol. The highest BCUT2D eigenvalue weighted by Gasteiger charge is 2.21. The average molecular weight is 229 g/mol. The molecule has 6 heteroatoms. The quantitative estimate of drug-likeness (QED) is 0.708. The molecule has 15 heavy (non-hydrogen) atoms. The maximum atomic E-state index is 10.5. The summed E-state index contributed by atoms with van der Waals surface area (Å²) in [5.74, 6) is 0.101. The number of hydrogen-bond donors (Lipinski definition) is 0. The Bertz CT molecular complexity index is 366. The summed E-state index contributed by atoms with van der Waals surface area (Å²) in [6.45, 7) is 1.47. The number of ether oxygens (including phenoxy) is 2. The molecule has 0 amide bonds. The van der Waals surface area contributed by atoms with Crippen LogP contribution in [0.5, 0.6) is 0 Å². The van der Waals surface area contributed by atoms with Crippen LogP contribution >= 0.6 is 11.6 Å². The van der Waals surface area contributed by atoms with Gasteiger partial charge in [-0.3, -0.25) is 4.79 Å². The molecule has 1 aromatic rings. The van der Waals surface area contributed by atoms with Crippen molar-refractivity contribution in [3.05, 3.63) is 22.7 Å². The van der Waals surface area contributed by atoms with Crippen LogP contribution in [-0.4, -0.2) is 36.1 Å². The van der Waals surface area contributed by atoms with Gasteiger partial charge in [0.05, 0.1) is 36.7 Å². The van der Waals surface area contributed by atoms with Crippen molar-refractivity contribution in [3.8, 4) is 0 Å². The van der Waals surface area contributed by atoms with Gasteiger partial charge in [0.2, 0.25) is 0 Å². The summed E-state index contributed by atoms with van der Waals surface area (Å²) < 4.78 is 10.7. The topological polar surface area (TPSA) is 61.3 Å². The zero-order chi connectivity index (χ0) is 10.7. The minimum atomic E-state index is -0.312. The van der Waals surface area contributed by atoms with Gasteiger partial charge in [0.1, 0.15) is 6.10 Å². The number of hydrogen-bond acceptors (Lipinski definition) is 5. The van der Waals surface area contributed by atoms with Crippen molar-refractivity contribution in [2.24, 2.45) is 0 Å². The number of halogens is 1. The lowest BCUT2D eigenvalue weighted by Crippen LogP contribution is -2.23. The Labute approximate surface area is 91.4 Å². The Morgan fingerprint density at radius 1 is 1.53 bits per heavy atom. The molecule has 0 N–H and O–H groups in total. The Hall–Kier alpha value is -1.04. The van der Waals surface area contributed by atoms with Crippen LogP contribution in [0.25, 0.3) is 0 Å². The van der Waals surface area contributed by atoms with Crippen LogP contribution in [0, 0.1) is 0 Å². The van der Waals surface area contributed by atoms with E-state index in [1.165, 1.54) is 6.20 Å². The van der Waals surface area contributed by atoms with E-state index < -0.39 is 0 Å². The highest BCUT2D eigenvalue weighted by Crippen LogP contribution is 2.24. The lowest BCUT2D eigenvalue weighted by Gasteiger charge is -2.22. The third kappa shape index (κ3) is 2.31. The molecule has 0 spiro atoms. The van der Waals surface area contributed by atoms with Crippen molar-refractivity contribution in [1.29, 1.82) is 0 Å². The monoisotopic (exact) mass is 228 g/mol. The lowest BCUT2D eigenvalue weighted by molar-refractivity contribution is -0.0918. The fourth-order valence-corrected chi connectivity index (χ4v) is 1.54. The van der Waals surface area contributed by atoms with E-state index in [1.807, 2.05) is 0 Å². The Kier molecular flexibility index (Phi) is 3.25. The van der Waals surface area contributed by atoms with Crippen molar-refractivity contribution in [1.82, 2.24) is 9.97 Å². The first-order chi connectivity index (χ1) is 7.31. The zero-order valence-electron chi connectivity index (χ0n) is 7.85. The molecular weight excluding hydrogens is 220 g/mol. The standard InChI is InChI=1S/C9H9ClN2O3/c10-6-3-11-8(4-13)12-9(6)7-5-14-1-2-15-7/h3-4,7H,1-2,5H2. The Morgan fingerprint density at radius 2 is 2.40 bits per heavy atom. The van der Waals surface area contributed by atoms with Crippen LogP contribution in [0.3, 0.4) is 0 Å². The van der Waals surface area contributed by atoms with Gasteiger partial charge in [-0.15, -0.1) is 0 Å². The number of aldehydes is 1. The first kappa shape index (κ1) is 10.5. The number of nitrogens with zero attached hydrogens (tertiary/aromatic N) is 2. The number of carbonyl (C=O) groups excluding carboxylic acids is 1. The van der Waals surface area contributed by atoms with Crippen molar-refractivity contribution in [2.45, 2.75) is 6.10 Å². The van der Waals surface area contributed by atoms with E-state index in [2.05, 4.69) is 9.97 Å². The molecule has 2 rings (SSSR count). The van der Waals surface area contributed by atoms with Gasteiger partial charge in [-0.25, -0.2) is 9.97 Å². The smallest absolute Gasteiger partial charge is 0.193 e. The Morgan fingerprint density at radius 3 is 3.07 bits per heavy atom. The third-order valence-electron chi connectivity index (χ3n) is 2.02. The molecule has 2 heterocycles. The number of rotatable bonds is 2. The summed E-state index contributed by atoms with van der Waals surface area (Å²) >= 11 is 5.91. The molecule has 1 unspecified atom stereocenters. The van der Waals surface area contributed by atoms with Crippen molar-refractivity contribution in [3.63, 3.8) is 0 Å². The molecule has 0 saturated carbocycles. The maximum absolute atomic E-state index is 10.5. The molecule has 0 aliphatic carbocycles. The van der Waals surface area contributed by atoms with E-state index in [1.54, 1.807) is 0 Å². The summed E-state index contributed by atoms with van der Waals surface area (Å²) in [4.78, 5) is 18.3. The first-order valence-electron chi connectivity index (χ1n) is 4.48. The predicted octanol–water partition coefficient (Wildman–Crippen LogP) is 1.03. The van der Waals surface area contributed by atoms with Gasteiger partial charge in [-0.1, -0.05) is 11.6 Å². The van der Waals surface area contributed by atoms with Crippen LogP contribution in [0.4, 0.5) is 0 Å². The van der Waals surface area contributed by atoms with Crippen LogP contribution in [-0.2, 0) is 9.47 Å². The fourth-order valence-electron chi connectivity index (χ4n) is 1.32. The van der Waals surface area contributed by atoms with E-state index >= 15 is 0 Å². The average Bonchev–Trinajstić information content (AvgIpc) is 2.31. The molecule has 0 bridgehead atoms. The summed E-state index contributed by atoms with van der Waals surface area (Å²) in [5.41, 5.74) is 0.508. The van der Waals surface area contributed by atoms with E-state index in [0.717, 1.165) is 0 Å². The molecule has 1 saturated heterocycles. The van der Waals surface area contributed by atoms with E-state index in [-0.39, 0.29) is 11.9 Å². The summed E-state index contributed by atoms with van der Waals surface area (Å²) in [6, 6.07) is 0. The molecule has 1 aliphatic rings. The fraction of sp³-hybridized carbons (Fsp3) is 0.444. The first-order valence-corrected chi connectivity index (χ1v) is 4.86. The largest absolute Gasteiger partial charge is 0.376 e. The van der Waals surface area contributed by atoms with Crippen LogP contribution in [0.1, 0.15) is 22.4 Å². The normalized spacial score (nSPS) is 21.3. The molecule has 1 aliphatic heterocycles. The number of aromatic nitrogens is 2. The molecule has 1 fully saturated rings. The molecule has 0 radical (unpaired) electrons. The number of carbonyl (C=O) groups is 1. The highest BCUT2D eigenvalue weighted by atomic mass is 35.5. The van der Waals surface area contributed by atoms with Gasteiger partial charge >= 0.3 is 0 Å². The minimum Gasteiger partial charge on any atom is -0.376 e. The van der Waals surface area contributed by atoms with Gasteiger partial charge in [-0.05, 0) is 0 Å². The second-order valence-electron chi connectivity index (χ2n) is 3.01. The Balaban J connectivity index is 2.28. The summed E-state index contributed by atoms with van der Waals surface area (Å²) in [6.07, 6.45) is 1.66.